The summed E-state index contributed by atoms with van der Waals surface area (Å²) in [5.74, 6) is -4.66. The highest BCUT2D eigenvalue weighted by molar-refractivity contribution is 6.11. The van der Waals surface area contributed by atoms with Crippen LogP contribution in [0.15, 0.2) is 49.1 Å². The third kappa shape index (κ3) is 5.00. The Hall–Kier alpha value is -4.00. The Labute approximate surface area is 200 Å². The summed E-state index contributed by atoms with van der Waals surface area (Å²) in [4.78, 5) is 25.1. The lowest BCUT2D eigenvalue weighted by molar-refractivity contribution is -0.144. The Morgan fingerprint density at radius 2 is 1.86 bits per heavy atom. The highest BCUT2D eigenvalue weighted by atomic mass is 19.4. The number of aromatic amines is 1. The maximum atomic E-state index is 13.5. The third-order valence-electron chi connectivity index (χ3n) is 5.72. The van der Waals surface area contributed by atoms with Crippen LogP contribution in [0.1, 0.15) is 28.3 Å². The van der Waals surface area contributed by atoms with E-state index in [0.29, 0.717) is 24.0 Å². The van der Waals surface area contributed by atoms with E-state index in [0.717, 1.165) is 29.1 Å². The number of benzene rings is 1. The Bertz CT molecular complexity index is 1420. The number of nitrogens with one attached hydrogen (secondary N) is 2. The largest absolute Gasteiger partial charge is 0.451 e. The summed E-state index contributed by atoms with van der Waals surface area (Å²) in [7, 11) is 0. The van der Waals surface area contributed by atoms with E-state index in [9.17, 15) is 26.7 Å². The smallest absolute Gasteiger partial charge is 0.318 e. The number of likely N-dealkylation sites (tertiary alicyclic amines) is 1. The number of carbonyl (C=O) groups is 1. The Morgan fingerprint density at radius 1 is 1.08 bits per heavy atom. The normalized spacial score (nSPS) is 15.9. The number of aromatic nitrogens is 5. The van der Waals surface area contributed by atoms with E-state index < -0.39 is 23.8 Å². The van der Waals surface area contributed by atoms with Crippen molar-refractivity contribution in [1.29, 1.82) is 0 Å². The van der Waals surface area contributed by atoms with Crippen LogP contribution in [0.5, 0.6) is 0 Å². The molecule has 36 heavy (non-hydrogen) atoms. The molecule has 0 unspecified atom stereocenters. The van der Waals surface area contributed by atoms with Crippen LogP contribution in [0.4, 0.5) is 27.6 Å². The lowest BCUT2D eigenvalue weighted by atomic mass is 10.0. The molecule has 0 spiro atoms. The molecule has 4 heterocycles. The molecule has 13 heteroatoms. The number of amides is 1. The van der Waals surface area contributed by atoms with Gasteiger partial charge in [0.05, 0.1) is 30.1 Å². The fourth-order valence-corrected chi connectivity index (χ4v) is 4.03. The van der Waals surface area contributed by atoms with E-state index >= 15 is 0 Å². The number of fused-ring (bicyclic) bond motifs is 1. The Balaban J connectivity index is 1.36. The van der Waals surface area contributed by atoms with Gasteiger partial charge >= 0.3 is 6.18 Å². The van der Waals surface area contributed by atoms with Crippen LogP contribution in [-0.4, -0.2) is 55.0 Å². The van der Waals surface area contributed by atoms with Crippen LogP contribution >= 0.6 is 0 Å². The van der Waals surface area contributed by atoms with Gasteiger partial charge in [-0.2, -0.15) is 18.3 Å². The van der Waals surface area contributed by atoms with Gasteiger partial charge < -0.3 is 5.32 Å². The van der Waals surface area contributed by atoms with E-state index in [2.05, 4.69) is 30.5 Å². The molecule has 1 aliphatic heterocycles. The molecule has 8 nitrogen and oxygen atoms in total. The first-order valence-corrected chi connectivity index (χ1v) is 10.8. The van der Waals surface area contributed by atoms with Crippen molar-refractivity contribution in [3.05, 3.63) is 66.1 Å². The molecule has 0 aliphatic carbocycles. The number of H-pyrrole nitrogens is 1. The fraction of sp³-hybridized carbons (Fsp3) is 0.261. The van der Waals surface area contributed by atoms with E-state index in [1.54, 1.807) is 35.5 Å². The number of pyridine rings is 1. The van der Waals surface area contributed by atoms with Crippen LogP contribution < -0.4 is 5.32 Å². The molecule has 1 aliphatic rings. The van der Waals surface area contributed by atoms with Crippen molar-refractivity contribution >= 4 is 22.5 Å². The predicted molar refractivity (Wildman–Crippen MR) is 119 cm³/mol. The predicted octanol–water partition coefficient (Wildman–Crippen LogP) is 4.53. The molecule has 3 aromatic heterocycles. The summed E-state index contributed by atoms with van der Waals surface area (Å²) in [5, 5.41) is 9.69. The molecule has 1 aromatic carbocycles. The minimum absolute atomic E-state index is 0.0233. The quantitative estimate of drug-likeness (QED) is 0.389. The van der Waals surface area contributed by atoms with Crippen LogP contribution in [0.2, 0.25) is 0 Å². The van der Waals surface area contributed by atoms with Crippen molar-refractivity contribution in [3.8, 4) is 11.1 Å². The summed E-state index contributed by atoms with van der Waals surface area (Å²) in [6, 6.07) is 7.10. The van der Waals surface area contributed by atoms with Crippen molar-refractivity contribution in [1.82, 2.24) is 30.0 Å². The van der Waals surface area contributed by atoms with Gasteiger partial charge in [-0.15, -0.1) is 0 Å². The highest BCUT2D eigenvalue weighted by Gasteiger charge is 2.38. The highest BCUT2D eigenvalue weighted by Crippen LogP contribution is 2.30. The number of rotatable bonds is 5. The van der Waals surface area contributed by atoms with Crippen molar-refractivity contribution in [2.75, 3.05) is 18.4 Å². The van der Waals surface area contributed by atoms with Crippen LogP contribution in [0.25, 0.3) is 22.0 Å². The molecule has 186 valence electrons. The first-order chi connectivity index (χ1) is 17.1. The van der Waals surface area contributed by atoms with Gasteiger partial charge in [0, 0.05) is 42.9 Å². The number of anilines is 1. The van der Waals surface area contributed by atoms with Crippen LogP contribution in [-0.2, 0) is 12.7 Å². The molecule has 1 fully saturated rings. The van der Waals surface area contributed by atoms with Crippen molar-refractivity contribution in [3.63, 3.8) is 0 Å². The van der Waals surface area contributed by atoms with Gasteiger partial charge in [-0.05, 0) is 29.3 Å². The zero-order valence-electron chi connectivity index (χ0n) is 18.5. The maximum Gasteiger partial charge on any atom is 0.451 e. The summed E-state index contributed by atoms with van der Waals surface area (Å²) < 4.78 is 65.0. The molecule has 5 rings (SSSR count). The SMILES string of the molecule is O=C(Nc1cnc(C(F)(F)F)nc1)c1n[nH]c2ccc(-c3cncc(CN4CCC(F)(F)C4)c3)cc12. The Morgan fingerprint density at radius 3 is 2.56 bits per heavy atom. The van der Waals surface area contributed by atoms with Gasteiger partial charge in [0.25, 0.3) is 11.8 Å². The monoisotopic (exact) mass is 503 g/mol. The van der Waals surface area contributed by atoms with Gasteiger partial charge in [0.1, 0.15) is 0 Å². The van der Waals surface area contributed by atoms with E-state index in [-0.39, 0.29) is 24.3 Å². The molecule has 4 aromatic rings. The van der Waals surface area contributed by atoms with Crippen molar-refractivity contribution < 1.29 is 26.7 Å². The molecule has 0 radical (unpaired) electrons. The zero-order valence-corrected chi connectivity index (χ0v) is 18.5. The minimum Gasteiger partial charge on any atom is -0.318 e. The second-order valence-corrected chi connectivity index (χ2v) is 8.48. The van der Waals surface area contributed by atoms with E-state index in [1.807, 2.05) is 6.07 Å². The van der Waals surface area contributed by atoms with Gasteiger partial charge in [-0.3, -0.25) is 19.8 Å². The third-order valence-corrected chi connectivity index (χ3v) is 5.72. The lowest BCUT2D eigenvalue weighted by Gasteiger charge is -2.15. The van der Waals surface area contributed by atoms with Gasteiger partial charge in [-0.25, -0.2) is 18.7 Å². The van der Waals surface area contributed by atoms with Crippen molar-refractivity contribution in [2.45, 2.75) is 25.1 Å². The van der Waals surface area contributed by atoms with Gasteiger partial charge in [0.15, 0.2) is 5.69 Å². The molecule has 1 amide bonds. The first kappa shape index (κ1) is 23.7. The summed E-state index contributed by atoms with van der Waals surface area (Å²) >= 11 is 0. The number of alkyl halides is 5. The molecule has 0 atom stereocenters. The zero-order chi connectivity index (χ0) is 25.5. The number of hydrogen-bond acceptors (Lipinski definition) is 6. The van der Waals surface area contributed by atoms with Crippen molar-refractivity contribution in [2.24, 2.45) is 0 Å². The molecule has 1 saturated heterocycles. The standard InChI is InChI=1S/C23H18F5N7O/c24-22(25)3-4-35(12-22)11-13-5-15(8-29-7-13)14-1-2-18-17(6-14)19(34-33-18)20(36)32-16-9-30-21(31-10-16)23(26,27)28/h1-2,5-10H,3-4,11-12H2,(H,32,36)(H,33,34). The average Bonchev–Trinajstić information content (AvgIpc) is 3.41. The molecule has 2 N–H and O–H groups in total. The second-order valence-electron chi connectivity index (χ2n) is 8.48. The molecular formula is C23H18F5N7O. The molecular weight excluding hydrogens is 485 g/mol. The topological polar surface area (TPSA) is 99.7 Å². The average molecular weight is 503 g/mol. The fourth-order valence-electron chi connectivity index (χ4n) is 4.03. The van der Waals surface area contributed by atoms with E-state index in [4.69, 9.17) is 0 Å². The minimum atomic E-state index is -4.69. The summed E-state index contributed by atoms with van der Waals surface area (Å²) in [5.41, 5.74) is 2.79. The molecule has 0 saturated carbocycles. The van der Waals surface area contributed by atoms with Crippen LogP contribution in [0.3, 0.4) is 0 Å². The lowest BCUT2D eigenvalue weighted by Crippen LogP contribution is -2.24. The summed E-state index contributed by atoms with van der Waals surface area (Å²) in [6.07, 6.45) is 0.122. The van der Waals surface area contributed by atoms with E-state index in [1.165, 1.54) is 0 Å². The Kier molecular flexibility index (Phi) is 5.86. The number of carbonyl (C=O) groups excluding carboxylic acids is 1. The molecule has 0 bridgehead atoms. The second kappa shape index (κ2) is 8.90. The van der Waals surface area contributed by atoms with Gasteiger partial charge in [0.2, 0.25) is 5.82 Å². The van der Waals surface area contributed by atoms with Gasteiger partial charge in [-0.1, -0.05) is 6.07 Å². The number of halogens is 5. The maximum absolute atomic E-state index is 13.5. The number of hydrogen-bond donors (Lipinski definition) is 2. The van der Waals surface area contributed by atoms with Crippen LogP contribution in [0, 0.1) is 0 Å². The first-order valence-electron chi connectivity index (χ1n) is 10.8. The summed E-state index contributed by atoms with van der Waals surface area (Å²) in [6.45, 7) is 0.356. The number of nitrogens with zero attached hydrogens (tertiary/aromatic N) is 5.